The number of nitrogens with zero attached hydrogens (tertiary/aromatic N) is 1. The maximum absolute atomic E-state index is 12.7. The Morgan fingerprint density at radius 1 is 1.04 bits per heavy atom. The summed E-state index contributed by atoms with van der Waals surface area (Å²) in [5.41, 5.74) is 2.93. The Kier molecular flexibility index (Phi) is 5.99. The number of hydrogen-bond donors (Lipinski definition) is 1. The zero-order chi connectivity index (χ0) is 20.1. The minimum atomic E-state index is -0.375. The Morgan fingerprint density at radius 2 is 1.71 bits per heavy atom. The lowest BCUT2D eigenvalue weighted by Crippen LogP contribution is -2.35. The van der Waals surface area contributed by atoms with Crippen LogP contribution in [0.15, 0.2) is 48.7 Å². The van der Waals surface area contributed by atoms with Crippen molar-refractivity contribution in [1.29, 1.82) is 0 Å². The first-order chi connectivity index (χ1) is 13.6. The average molecular weight is 381 g/mol. The number of benzene rings is 2. The van der Waals surface area contributed by atoms with Crippen LogP contribution in [-0.2, 0) is 11.3 Å². The van der Waals surface area contributed by atoms with E-state index in [9.17, 15) is 4.79 Å². The van der Waals surface area contributed by atoms with Gasteiger partial charge in [-0.25, -0.2) is 4.79 Å². The molecule has 3 aromatic rings. The van der Waals surface area contributed by atoms with Gasteiger partial charge in [-0.3, -0.25) is 0 Å². The molecule has 3 rings (SSSR count). The highest BCUT2D eigenvalue weighted by Gasteiger charge is 2.25. The van der Waals surface area contributed by atoms with Crippen LogP contribution in [0.5, 0.6) is 11.5 Å². The standard InChI is InChI=1S/C22H24N2O4/c1-5-24-14-17(22(25)28-6-2)21(23-15-10-8-7-9-11-15)16-12-19(26-3)20(27-4)13-18(16)24/h7-14H,5-6H2,1-4H3/p+1. The summed E-state index contributed by atoms with van der Waals surface area (Å²) in [5.74, 6) is 0.848. The molecule has 2 aromatic carbocycles. The van der Waals surface area contributed by atoms with Crippen molar-refractivity contribution in [2.45, 2.75) is 20.4 Å². The predicted molar refractivity (Wildman–Crippen MR) is 109 cm³/mol. The molecule has 0 atom stereocenters. The Morgan fingerprint density at radius 3 is 2.32 bits per heavy atom. The molecule has 0 saturated carbocycles. The second kappa shape index (κ2) is 8.61. The fourth-order valence-corrected chi connectivity index (χ4v) is 3.17. The van der Waals surface area contributed by atoms with E-state index in [1.54, 1.807) is 21.1 Å². The molecule has 0 unspecified atom stereocenters. The number of ether oxygens (including phenoxy) is 3. The number of para-hydroxylation sites is 1. The van der Waals surface area contributed by atoms with Crippen LogP contribution < -0.4 is 19.4 Å². The Bertz CT molecular complexity index is 987. The molecule has 1 aromatic heterocycles. The molecule has 0 saturated heterocycles. The molecule has 1 heterocycles. The number of fused-ring (bicyclic) bond motifs is 1. The molecule has 0 aliphatic heterocycles. The number of hydrogen-bond acceptors (Lipinski definition) is 5. The van der Waals surface area contributed by atoms with Gasteiger partial charge in [0, 0.05) is 5.69 Å². The summed E-state index contributed by atoms with van der Waals surface area (Å²) in [6.07, 6.45) is 1.82. The summed E-state index contributed by atoms with van der Waals surface area (Å²) >= 11 is 0. The van der Waals surface area contributed by atoms with Gasteiger partial charge >= 0.3 is 5.97 Å². The van der Waals surface area contributed by atoms with E-state index in [1.807, 2.05) is 60.2 Å². The second-order valence-corrected chi connectivity index (χ2v) is 6.14. The van der Waals surface area contributed by atoms with Gasteiger partial charge in [-0.15, -0.1) is 0 Å². The molecule has 6 nitrogen and oxygen atoms in total. The number of aryl methyl sites for hydroxylation is 1. The number of aromatic nitrogens is 1. The zero-order valence-corrected chi connectivity index (χ0v) is 16.6. The van der Waals surface area contributed by atoms with Gasteiger partial charge in [0.05, 0.1) is 38.0 Å². The van der Waals surface area contributed by atoms with E-state index in [0.29, 0.717) is 35.9 Å². The smallest absolute Gasteiger partial charge is 0.346 e. The Labute approximate surface area is 164 Å². The largest absolute Gasteiger partial charge is 0.493 e. The van der Waals surface area contributed by atoms with Gasteiger partial charge < -0.3 is 19.5 Å². The second-order valence-electron chi connectivity index (χ2n) is 6.14. The first-order valence-electron chi connectivity index (χ1n) is 9.24. The van der Waals surface area contributed by atoms with E-state index in [1.165, 1.54) is 0 Å². The van der Waals surface area contributed by atoms with Gasteiger partial charge in [-0.1, -0.05) is 18.2 Å². The average Bonchev–Trinajstić information content (AvgIpc) is 2.73. The third-order valence-electron chi connectivity index (χ3n) is 4.51. The lowest BCUT2D eigenvalue weighted by molar-refractivity contribution is -0.667. The normalized spacial score (nSPS) is 10.6. The number of carbonyl (C=O) groups excluding carboxylic acids is 1. The van der Waals surface area contributed by atoms with Crippen LogP contribution in [0.2, 0.25) is 0 Å². The first-order valence-corrected chi connectivity index (χ1v) is 9.24. The van der Waals surface area contributed by atoms with E-state index in [2.05, 4.69) is 5.32 Å². The highest BCUT2D eigenvalue weighted by molar-refractivity contribution is 6.05. The lowest BCUT2D eigenvalue weighted by atomic mass is 10.1. The molecule has 146 valence electrons. The molecule has 0 spiro atoms. The van der Waals surface area contributed by atoms with Gasteiger partial charge in [0.25, 0.3) is 0 Å². The third-order valence-corrected chi connectivity index (χ3v) is 4.51. The molecule has 28 heavy (non-hydrogen) atoms. The number of esters is 1. The number of methoxy groups -OCH3 is 2. The van der Waals surface area contributed by atoms with Crippen LogP contribution in [0.3, 0.4) is 0 Å². The summed E-state index contributed by atoms with van der Waals surface area (Å²) < 4.78 is 18.3. The fraction of sp³-hybridized carbons (Fsp3) is 0.273. The van der Waals surface area contributed by atoms with Crippen LogP contribution in [0.4, 0.5) is 11.4 Å². The molecule has 0 amide bonds. The van der Waals surface area contributed by atoms with Crippen molar-refractivity contribution in [2.75, 3.05) is 26.1 Å². The number of carbonyl (C=O) groups is 1. The molecule has 0 aliphatic rings. The van der Waals surface area contributed by atoms with E-state index in [-0.39, 0.29) is 5.97 Å². The van der Waals surface area contributed by atoms with Crippen molar-refractivity contribution in [1.82, 2.24) is 0 Å². The van der Waals surface area contributed by atoms with E-state index in [4.69, 9.17) is 14.2 Å². The van der Waals surface area contributed by atoms with Crippen LogP contribution >= 0.6 is 0 Å². The van der Waals surface area contributed by atoms with Crippen LogP contribution in [0.25, 0.3) is 10.9 Å². The zero-order valence-electron chi connectivity index (χ0n) is 16.6. The number of pyridine rings is 1. The number of nitrogens with one attached hydrogen (secondary N) is 1. The van der Waals surface area contributed by atoms with Crippen molar-refractivity contribution in [3.63, 3.8) is 0 Å². The molecular formula is C22H25N2O4+. The monoisotopic (exact) mass is 381 g/mol. The highest BCUT2D eigenvalue weighted by atomic mass is 16.5. The fourth-order valence-electron chi connectivity index (χ4n) is 3.17. The maximum Gasteiger partial charge on any atom is 0.346 e. The third kappa shape index (κ3) is 3.71. The molecule has 0 radical (unpaired) electrons. The van der Waals surface area contributed by atoms with E-state index < -0.39 is 0 Å². The van der Waals surface area contributed by atoms with Gasteiger partial charge in [0.1, 0.15) is 12.1 Å². The van der Waals surface area contributed by atoms with Gasteiger partial charge in [-0.05, 0) is 32.0 Å². The van der Waals surface area contributed by atoms with Gasteiger partial charge in [0.2, 0.25) is 5.52 Å². The molecule has 0 fully saturated rings. The van der Waals surface area contributed by atoms with Crippen LogP contribution in [0, 0.1) is 0 Å². The van der Waals surface area contributed by atoms with Crippen LogP contribution in [-0.4, -0.2) is 26.8 Å². The van der Waals surface area contributed by atoms with Gasteiger partial charge in [0.15, 0.2) is 17.7 Å². The summed E-state index contributed by atoms with van der Waals surface area (Å²) in [5, 5.41) is 4.23. The quantitative estimate of drug-likeness (QED) is 0.493. The Balaban J connectivity index is 2.32. The maximum atomic E-state index is 12.7. The topological polar surface area (TPSA) is 60.7 Å². The molecule has 1 N–H and O–H groups in total. The number of anilines is 2. The SMILES string of the molecule is CCOC(=O)c1c[n+](CC)c2cc(OC)c(OC)cc2c1Nc1ccccc1. The van der Waals surface area contributed by atoms with Gasteiger partial charge in [-0.2, -0.15) is 4.57 Å². The van der Waals surface area contributed by atoms with Crippen LogP contribution in [0.1, 0.15) is 24.2 Å². The minimum absolute atomic E-state index is 0.305. The summed E-state index contributed by atoms with van der Waals surface area (Å²) in [4.78, 5) is 12.7. The lowest BCUT2D eigenvalue weighted by Gasteiger charge is -2.15. The van der Waals surface area contributed by atoms with E-state index >= 15 is 0 Å². The molecule has 0 aliphatic carbocycles. The van der Waals surface area contributed by atoms with E-state index in [0.717, 1.165) is 16.6 Å². The highest BCUT2D eigenvalue weighted by Crippen LogP contribution is 2.36. The van der Waals surface area contributed by atoms with Crippen molar-refractivity contribution in [2.24, 2.45) is 0 Å². The molecular weight excluding hydrogens is 356 g/mol. The van der Waals surface area contributed by atoms with Crippen molar-refractivity contribution in [3.8, 4) is 11.5 Å². The first kappa shape index (κ1) is 19.5. The summed E-state index contributed by atoms with van der Waals surface area (Å²) in [6.45, 7) is 4.81. The van der Waals surface area contributed by atoms with Crippen molar-refractivity contribution in [3.05, 3.63) is 54.2 Å². The summed E-state index contributed by atoms with van der Waals surface area (Å²) in [7, 11) is 3.20. The molecule has 0 bridgehead atoms. The predicted octanol–water partition coefficient (Wildman–Crippen LogP) is 4.08. The van der Waals surface area contributed by atoms with Crippen molar-refractivity contribution >= 4 is 28.2 Å². The Hall–Kier alpha value is -3.28. The minimum Gasteiger partial charge on any atom is -0.493 e. The van der Waals surface area contributed by atoms with Crippen molar-refractivity contribution < 1.29 is 23.6 Å². The number of rotatable bonds is 7. The molecule has 6 heteroatoms. The summed E-state index contributed by atoms with van der Waals surface area (Å²) in [6, 6.07) is 13.5.